The van der Waals surface area contributed by atoms with E-state index in [0.717, 1.165) is 36.6 Å². The van der Waals surface area contributed by atoms with Crippen molar-refractivity contribution in [3.05, 3.63) is 71.5 Å². The molecule has 2 aliphatic rings. The highest BCUT2D eigenvalue weighted by atomic mass is 32.2. The topological polar surface area (TPSA) is 102 Å². The van der Waals surface area contributed by atoms with E-state index in [-0.39, 0.29) is 24.5 Å². The smallest absolute Gasteiger partial charge is 0.259 e. The molecule has 8 heteroatoms. The van der Waals surface area contributed by atoms with Crippen LogP contribution in [0.2, 0.25) is 0 Å². The fraction of sp³-hybridized carbons (Fsp3) is 0.391. The molecular formula is C23H28N2O5S. The molecule has 1 fully saturated rings. The van der Waals surface area contributed by atoms with E-state index >= 15 is 0 Å². The number of hydrogen-bond acceptors (Lipinski definition) is 5. The maximum absolute atomic E-state index is 13.3. The summed E-state index contributed by atoms with van der Waals surface area (Å²) >= 11 is 0. The number of amides is 2. The summed E-state index contributed by atoms with van der Waals surface area (Å²) in [7, 11) is -3.81. The number of carbonyl (C=O) groups excluding carboxylic acids is 2. The first-order chi connectivity index (χ1) is 14.5. The van der Waals surface area contributed by atoms with Crippen LogP contribution in [0.1, 0.15) is 37.3 Å². The summed E-state index contributed by atoms with van der Waals surface area (Å²) in [5, 5.41) is 2.79. The number of hydrogen-bond donors (Lipinski definition) is 2. The van der Waals surface area contributed by atoms with Crippen molar-refractivity contribution in [1.29, 1.82) is 0 Å². The zero-order valence-corrected chi connectivity index (χ0v) is 18.7. The van der Waals surface area contributed by atoms with Gasteiger partial charge in [-0.3, -0.25) is 14.3 Å². The molecule has 0 unspecified atom stereocenters. The number of ether oxygens (including phenoxy) is 1. The number of rotatable bonds is 8. The predicted octanol–water partition coefficient (Wildman–Crippen LogP) is 2.30. The van der Waals surface area contributed by atoms with Crippen LogP contribution in [-0.4, -0.2) is 38.1 Å². The predicted molar refractivity (Wildman–Crippen MR) is 118 cm³/mol. The molecule has 0 radical (unpaired) electrons. The van der Waals surface area contributed by atoms with Gasteiger partial charge in [0.15, 0.2) is 0 Å². The number of nitrogens with one attached hydrogen (secondary N) is 2. The summed E-state index contributed by atoms with van der Waals surface area (Å²) in [5.41, 5.74) is 1.04. The molecule has 7 nitrogen and oxygen atoms in total. The van der Waals surface area contributed by atoms with Crippen LogP contribution in [-0.2, 0) is 37.2 Å². The second kappa shape index (κ2) is 8.70. The van der Waals surface area contributed by atoms with Gasteiger partial charge in [-0.15, -0.1) is 0 Å². The Morgan fingerprint density at radius 1 is 1.19 bits per heavy atom. The standard InChI is InChI=1S/C23H28N2O5S/c1-5-19(20(15(2)3)30-18-11-8-12-18)21(26)24-23(22(27)25-31(4,28)29)13-16-9-6-7-10-17(16)14-23/h5-7,9-10,18H,1-2,8,11-14H2,3-4H3,(H,24,26)(H,25,27)/b20-19-. The number of carbonyl (C=O) groups is 2. The number of allylic oxidation sites excluding steroid dienone is 1. The summed E-state index contributed by atoms with van der Waals surface area (Å²) < 4.78 is 31.5. The lowest BCUT2D eigenvalue weighted by atomic mass is 9.93. The van der Waals surface area contributed by atoms with Gasteiger partial charge in [0.2, 0.25) is 10.0 Å². The molecule has 0 aromatic heterocycles. The van der Waals surface area contributed by atoms with Crippen molar-refractivity contribution in [2.24, 2.45) is 0 Å². The molecule has 0 aliphatic heterocycles. The van der Waals surface area contributed by atoms with Gasteiger partial charge in [-0.05, 0) is 42.9 Å². The van der Waals surface area contributed by atoms with Crippen molar-refractivity contribution in [2.45, 2.75) is 50.7 Å². The van der Waals surface area contributed by atoms with E-state index in [1.807, 2.05) is 29.0 Å². The van der Waals surface area contributed by atoms with Gasteiger partial charge in [-0.25, -0.2) is 8.42 Å². The normalized spacial score (nSPS) is 18.1. The monoisotopic (exact) mass is 444 g/mol. The molecule has 2 N–H and O–H groups in total. The largest absolute Gasteiger partial charge is 0.489 e. The molecule has 0 bridgehead atoms. The van der Waals surface area contributed by atoms with E-state index in [1.165, 1.54) is 6.08 Å². The van der Waals surface area contributed by atoms with Crippen molar-refractivity contribution < 1.29 is 22.7 Å². The zero-order valence-electron chi connectivity index (χ0n) is 17.9. The van der Waals surface area contributed by atoms with Crippen LogP contribution in [0.4, 0.5) is 0 Å². The molecule has 1 aromatic rings. The lowest BCUT2D eigenvalue weighted by Gasteiger charge is -2.31. The van der Waals surface area contributed by atoms with Gasteiger partial charge in [0.25, 0.3) is 11.8 Å². The van der Waals surface area contributed by atoms with Crippen LogP contribution in [0.15, 0.2) is 60.4 Å². The van der Waals surface area contributed by atoms with Crippen molar-refractivity contribution in [3.8, 4) is 0 Å². The average molecular weight is 445 g/mol. The highest BCUT2D eigenvalue weighted by Crippen LogP contribution is 2.32. The van der Waals surface area contributed by atoms with Crippen molar-refractivity contribution in [2.75, 3.05) is 6.26 Å². The van der Waals surface area contributed by atoms with Gasteiger partial charge in [-0.2, -0.15) is 0 Å². The first-order valence-corrected chi connectivity index (χ1v) is 12.0. The molecule has 2 amide bonds. The molecule has 0 spiro atoms. The molecule has 0 atom stereocenters. The highest BCUT2D eigenvalue weighted by Gasteiger charge is 2.46. The fourth-order valence-electron chi connectivity index (χ4n) is 3.81. The van der Waals surface area contributed by atoms with Crippen LogP contribution in [0.5, 0.6) is 0 Å². The third-order valence-electron chi connectivity index (χ3n) is 5.59. The van der Waals surface area contributed by atoms with E-state index in [4.69, 9.17) is 4.74 Å². The molecule has 0 heterocycles. The van der Waals surface area contributed by atoms with E-state index in [1.54, 1.807) is 6.92 Å². The number of benzene rings is 1. The third kappa shape index (κ3) is 5.07. The summed E-state index contributed by atoms with van der Waals surface area (Å²) in [6, 6.07) is 7.40. The Kier molecular flexibility index (Phi) is 6.40. The van der Waals surface area contributed by atoms with E-state index in [2.05, 4.69) is 18.5 Å². The van der Waals surface area contributed by atoms with Gasteiger partial charge in [0.1, 0.15) is 11.3 Å². The number of sulfonamides is 1. The van der Waals surface area contributed by atoms with Crippen LogP contribution in [0.25, 0.3) is 0 Å². The number of fused-ring (bicyclic) bond motifs is 1. The van der Waals surface area contributed by atoms with Crippen LogP contribution < -0.4 is 10.0 Å². The first kappa shape index (κ1) is 22.8. The van der Waals surface area contributed by atoms with Crippen molar-refractivity contribution >= 4 is 21.8 Å². The van der Waals surface area contributed by atoms with Gasteiger partial charge in [-0.1, -0.05) is 43.5 Å². The Bertz CT molecular complexity index is 1040. The summed E-state index contributed by atoms with van der Waals surface area (Å²) in [6.45, 7) is 9.39. The van der Waals surface area contributed by atoms with Crippen molar-refractivity contribution in [3.63, 3.8) is 0 Å². The maximum Gasteiger partial charge on any atom is 0.259 e. The van der Waals surface area contributed by atoms with Gasteiger partial charge >= 0.3 is 0 Å². The van der Waals surface area contributed by atoms with Crippen LogP contribution in [0, 0.1) is 0 Å². The van der Waals surface area contributed by atoms with E-state index < -0.39 is 27.4 Å². The van der Waals surface area contributed by atoms with Crippen LogP contribution in [0.3, 0.4) is 0 Å². The minimum Gasteiger partial charge on any atom is -0.489 e. The Balaban J connectivity index is 1.95. The van der Waals surface area contributed by atoms with Gasteiger partial charge in [0.05, 0.1) is 17.9 Å². The van der Waals surface area contributed by atoms with Gasteiger partial charge < -0.3 is 10.1 Å². The van der Waals surface area contributed by atoms with E-state index in [0.29, 0.717) is 11.3 Å². The molecule has 0 saturated heterocycles. The SMILES string of the molecule is C=C/C(C(=O)NC1(C(=O)NS(C)(=O)=O)Cc2ccccc2C1)=C(/OC1CCC1)C(=C)C. The minimum atomic E-state index is -3.81. The Labute approximate surface area is 183 Å². The van der Waals surface area contributed by atoms with E-state index in [9.17, 15) is 18.0 Å². The quantitative estimate of drug-likeness (QED) is 0.364. The lowest BCUT2D eigenvalue weighted by molar-refractivity contribution is -0.130. The molecule has 1 saturated carbocycles. The Morgan fingerprint density at radius 2 is 1.77 bits per heavy atom. The highest BCUT2D eigenvalue weighted by molar-refractivity contribution is 7.89. The Hall–Kier alpha value is -2.87. The molecule has 31 heavy (non-hydrogen) atoms. The first-order valence-electron chi connectivity index (χ1n) is 10.2. The second-order valence-electron chi connectivity index (χ2n) is 8.26. The fourth-order valence-corrected chi connectivity index (χ4v) is 4.34. The molecule has 166 valence electrons. The summed E-state index contributed by atoms with van der Waals surface area (Å²) in [5.74, 6) is -1.00. The zero-order chi connectivity index (χ0) is 22.8. The lowest BCUT2D eigenvalue weighted by Crippen LogP contribution is -2.60. The van der Waals surface area contributed by atoms with Crippen LogP contribution >= 0.6 is 0 Å². The molecule has 3 rings (SSSR count). The summed E-state index contributed by atoms with van der Waals surface area (Å²) in [6.07, 6.45) is 5.52. The molecule has 1 aromatic carbocycles. The maximum atomic E-state index is 13.3. The summed E-state index contributed by atoms with van der Waals surface area (Å²) in [4.78, 5) is 26.3. The third-order valence-corrected chi connectivity index (χ3v) is 6.14. The Morgan fingerprint density at radius 3 is 2.19 bits per heavy atom. The average Bonchev–Trinajstić information content (AvgIpc) is 3.01. The second-order valence-corrected chi connectivity index (χ2v) is 10.0. The molecular weight excluding hydrogens is 416 g/mol. The minimum absolute atomic E-state index is 0.0210. The van der Waals surface area contributed by atoms with Crippen molar-refractivity contribution in [1.82, 2.24) is 10.0 Å². The molecule has 2 aliphatic carbocycles. The van der Waals surface area contributed by atoms with Gasteiger partial charge in [0, 0.05) is 12.8 Å².